The van der Waals surface area contributed by atoms with E-state index >= 15 is 0 Å². The molecule has 1 aromatic carbocycles. The first-order valence-corrected chi connectivity index (χ1v) is 8.24. The SMILES string of the molecule is COc1ccc(Cl)cc1C(CN)CC(=O)N1CCC(C)CC1. The van der Waals surface area contributed by atoms with Crippen molar-refractivity contribution in [1.82, 2.24) is 4.90 Å². The molecule has 1 aromatic rings. The Labute approximate surface area is 137 Å². The van der Waals surface area contributed by atoms with Crippen molar-refractivity contribution in [2.45, 2.75) is 32.1 Å². The van der Waals surface area contributed by atoms with Crippen LogP contribution in [0.5, 0.6) is 5.75 Å². The fraction of sp³-hybridized carbons (Fsp3) is 0.588. The van der Waals surface area contributed by atoms with Crippen LogP contribution in [-0.4, -0.2) is 37.6 Å². The number of piperidine rings is 1. The molecule has 1 aliphatic heterocycles. The largest absolute Gasteiger partial charge is 0.496 e. The first-order chi connectivity index (χ1) is 10.5. The van der Waals surface area contributed by atoms with Gasteiger partial charge in [0.2, 0.25) is 5.91 Å². The Balaban J connectivity index is 2.09. The van der Waals surface area contributed by atoms with Crippen molar-refractivity contribution < 1.29 is 9.53 Å². The Bertz CT molecular complexity index is 513. The molecule has 1 heterocycles. The summed E-state index contributed by atoms with van der Waals surface area (Å²) in [5, 5.41) is 0.633. The molecule has 0 aliphatic carbocycles. The second-order valence-electron chi connectivity index (χ2n) is 6.09. The molecule has 1 saturated heterocycles. The van der Waals surface area contributed by atoms with Crippen LogP contribution in [0.1, 0.15) is 37.7 Å². The van der Waals surface area contributed by atoms with Gasteiger partial charge in [-0.1, -0.05) is 18.5 Å². The van der Waals surface area contributed by atoms with Gasteiger partial charge in [-0.15, -0.1) is 0 Å². The topological polar surface area (TPSA) is 55.6 Å². The van der Waals surface area contributed by atoms with E-state index in [1.165, 1.54) is 0 Å². The molecule has 1 amide bonds. The number of nitrogens with two attached hydrogens (primary N) is 1. The minimum absolute atomic E-state index is 0.0690. The summed E-state index contributed by atoms with van der Waals surface area (Å²) in [7, 11) is 1.62. The van der Waals surface area contributed by atoms with E-state index < -0.39 is 0 Å². The number of methoxy groups -OCH3 is 1. The number of benzene rings is 1. The summed E-state index contributed by atoms with van der Waals surface area (Å²) in [5.41, 5.74) is 6.82. The van der Waals surface area contributed by atoms with Gasteiger partial charge in [-0.05, 0) is 43.5 Å². The molecule has 22 heavy (non-hydrogen) atoms. The summed E-state index contributed by atoms with van der Waals surface area (Å²) >= 11 is 6.08. The molecule has 0 saturated carbocycles. The molecule has 0 bridgehead atoms. The third kappa shape index (κ3) is 4.14. The second-order valence-corrected chi connectivity index (χ2v) is 6.52. The lowest BCUT2D eigenvalue weighted by Crippen LogP contribution is -2.39. The smallest absolute Gasteiger partial charge is 0.223 e. The molecule has 2 N–H and O–H groups in total. The fourth-order valence-corrected chi connectivity index (χ4v) is 3.12. The lowest BCUT2D eigenvalue weighted by molar-refractivity contribution is -0.132. The Kier molecular flexibility index (Phi) is 6.09. The van der Waals surface area contributed by atoms with Crippen LogP contribution in [-0.2, 0) is 4.79 Å². The molecule has 0 aromatic heterocycles. The monoisotopic (exact) mass is 324 g/mol. The number of likely N-dealkylation sites (tertiary alicyclic amines) is 1. The first-order valence-electron chi connectivity index (χ1n) is 7.86. The molecular weight excluding hydrogens is 300 g/mol. The zero-order valence-electron chi connectivity index (χ0n) is 13.3. The molecule has 0 radical (unpaired) electrons. The Morgan fingerprint density at radius 2 is 2.14 bits per heavy atom. The molecule has 1 fully saturated rings. The third-order valence-corrected chi connectivity index (χ3v) is 4.71. The number of rotatable bonds is 5. The maximum atomic E-state index is 12.5. The van der Waals surface area contributed by atoms with Crippen molar-refractivity contribution in [1.29, 1.82) is 0 Å². The number of ether oxygens (including phenoxy) is 1. The lowest BCUT2D eigenvalue weighted by atomic mass is 9.93. The quantitative estimate of drug-likeness (QED) is 0.905. The second kappa shape index (κ2) is 7.84. The van der Waals surface area contributed by atoms with Crippen LogP contribution < -0.4 is 10.5 Å². The maximum Gasteiger partial charge on any atom is 0.223 e. The highest BCUT2D eigenvalue weighted by Gasteiger charge is 2.24. The highest BCUT2D eigenvalue weighted by molar-refractivity contribution is 6.30. The summed E-state index contributed by atoms with van der Waals surface area (Å²) in [5.74, 6) is 1.55. The van der Waals surface area contributed by atoms with E-state index in [4.69, 9.17) is 22.1 Å². The van der Waals surface area contributed by atoms with Crippen LogP contribution in [0.3, 0.4) is 0 Å². The number of hydrogen-bond donors (Lipinski definition) is 1. The summed E-state index contributed by atoms with van der Waals surface area (Å²) in [6.45, 7) is 4.34. The highest BCUT2D eigenvalue weighted by atomic mass is 35.5. The molecule has 1 atom stereocenters. The van der Waals surface area contributed by atoms with E-state index in [-0.39, 0.29) is 11.8 Å². The zero-order valence-corrected chi connectivity index (χ0v) is 14.1. The van der Waals surface area contributed by atoms with Crippen molar-refractivity contribution in [3.63, 3.8) is 0 Å². The molecule has 0 spiro atoms. The predicted molar refractivity (Wildman–Crippen MR) is 89.4 cm³/mol. The van der Waals surface area contributed by atoms with E-state index in [9.17, 15) is 4.79 Å². The molecule has 5 heteroatoms. The number of amides is 1. The van der Waals surface area contributed by atoms with Gasteiger partial charge in [-0.3, -0.25) is 4.79 Å². The summed E-state index contributed by atoms with van der Waals surface area (Å²) in [6, 6.07) is 5.46. The van der Waals surface area contributed by atoms with Crippen molar-refractivity contribution >= 4 is 17.5 Å². The van der Waals surface area contributed by atoms with E-state index in [0.717, 1.165) is 37.2 Å². The van der Waals surface area contributed by atoms with E-state index in [0.29, 0.717) is 23.9 Å². The Morgan fingerprint density at radius 3 is 2.73 bits per heavy atom. The van der Waals surface area contributed by atoms with Gasteiger partial charge in [0.15, 0.2) is 0 Å². The van der Waals surface area contributed by atoms with Gasteiger partial charge >= 0.3 is 0 Å². The van der Waals surface area contributed by atoms with Crippen LogP contribution >= 0.6 is 11.6 Å². The number of carbonyl (C=O) groups excluding carboxylic acids is 1. The van der Waals surface area contributed by atoms with Crippen molar-refractivity contribution in [3.05, 3.63) is 28.8 Å². The average Bonchev–Trinajstić information content (AvgIpc) is 2.53. The predicted octanol–water partition coefficient (Wildman–Crippen LogP) is 3.04. The Morgan fingerprint density at radius 1 is 1.45 bits per heavy atom. The van der Waals surface area contributed by atoms with Crippen LogP contribution in [0.4, 0.5) is 0 Å². The first kappa shape index (κ1) is 17.1. The van der Waals surface area contributed by atoms with Crippen LogP contribution in [0.2, 0.25) is 5.02 Å². The number of carbonyl (C=O) groups is 1. The molecule has 4 nitrogen and oxygen atoms in total. The maximum absolute atomic E-state index is 12.5. The third-order valence-electron chi connectivity index (χ3n) is 4.47. The standard InChI is InChI=1S/C17H25ClN2O2/c1-12-5-7-20(8-6-12)17(21)9-13(11-19)15-10-14(18)3-4-16(15)22-2/h3-4,10,12-13H,5-9,11,19H2,1-2H3. The summed E-state index contributed by atoms with van der Waals surface area (Å²) < 4.78 is 5.39. The zero-order chi connectivity index (χ0) is 16.1. The van der Waals surface area contributed by atoms with Crippen LogP contribution in [0.15, 0.2) is 18.2 Å². The van der Waals surface area contributed by atoms with Gasteiger partial charge in [0, 0.05) is 36.0 Å². The molecule has 1 unspecified atom stereocenters. The van der Waals surface area contributed by atoms with E-state index in [2.05, 4.69) is 6.92 Å². The van der Waals surface area contributed by atoms with Crippen LogP contribution in [0.25, 0.3) is 0 Å². The number of hydrogen-bond acceptors (Lipinski definition) is 3. The van der Waals surface area contributed by atoms with Gasteiger partial charge in [0.25, 0.3) is 0 Å². The van der Waals surface area contributed by atoms with E-state index in [1.54, 1.807) is 13.2 Å². The van der Waals surface area contributed by atoms with Crippen molar-refractivity contribution in [2.75, 3.05) is 26.7 Å². The van der Waals surface area contributed by atoms with Crippen molar-refractivity contribution in [3.8, 4) is 5.75 Å². The lowest BCUT2D eigenvalue weighted by Gasteiger charge is -2.31. The van der Waals surface area contributed by atoms with Gasteiger partial charge in [-0.2, -0.15) is 0 Å². The summed E-state index contributed by atoms with van der Waals surface area (Å²) in [6.07, 6.45) is 2.57. The Hall–Kier alpha value is -1.26. The van der Waals surface area contributed by atoms with Gasteiger partial charge in [0.05, 0.1) is 7.11 Å². The van der Waals surface area contributed by atoms with Crippen LogP contribution in [0, 0.1) is 5.92 Å². The van der Waals surface area contributed by atoms with Gasteiger partial charge < -0.3 is 15.4 Å². The van der Waals surface area contributed by atoms with E-state index in [1.807, 2.05) is 17.0 Å². The highest BCUT2D eigenvalue weighted by Crippen LogP contribution is 2.32. The number of halogens is 1. The van der Waals surface area contributed by atoms with Gasteiger partial charge in [-0.25, -0.2) is 0 Å². The van der Waals surface area contributed by atoms with Gasteiger partial charge in [0.1, 0.15) is 5.75 Å². The van der Waals surface area contributed by atoms with Crippen molar-refractivity contribution in [2.24, 2.45) is 11.7 Å². The molecule has 122 valence electrons. The normalized spacial score (nSPS) is 17.4. The fourth-order valence-electron chi connectivity index (χ4n) is 2.94. The minimum atomic E-state index is -0.0690. The molecular formula is C17H25ClN2O2. The molecule has 1 aliphatic rings. The minimum Gasteiger partial charge on any atom is -0.496 e. The average molecular weight is 325 g/mol. The number of nitrogens with zero attached hydrogens (tertiary/aromatic N) is 1. The summed E-state index contributed by atoms with van der Waals surface area (Å²) in [4.78, 5) is 14.5. The molecule has 2 rings (SSSR count).